The molecule has 0 radical (unpaired) electrons. The third-order valence-corrected chi connectivity index (χ3v) is 4.91. The minimum Gasteiger partial charge on any atom is -0.394 e. The number of halogens is 3. The lowest BCUT2D eigenvalue weighted by Crippen LogP contribution is -2.52. The van der Waals surface area contributed by atoms with Crippen LogP contribution in [0.25, 0.3) is 0 Å². The van der Waals surface area contributed by atoms with Gasteiger partial charge < -0.3 is 10.4 Å². The standard InChI is InChI=1S/C15H27F3N2O/c1-11(2)19-14(10-21)6-5-13(8-14)20-7-3-4-12(9-20)15(16,17)18/h11-13,19,21H,3-10H2,1-2H3. The fourth-order valence-corrected chi connectivity index (χ4v) is 3.95. The first-order chi connectivity index (χ1) is 9.76. The minimum absolute atomic E-state index is 0.0538. The molecule has 1 aliphatic carbocycles. The number of alkyl halides is 3. The van der Waals surface area contributed by atoms with E-state index in [4.69, 9.17) is 0 Å². The molecule has 0 aromatic carbocycles. The lowest BCUT2D eigenvalue weighted by atomic mass is 9.94. The smallest absolute Gasteiger partial charge is 0.393 e. The van der Waals surface area contributed by atoms with Crippen LogP contribution in [0.2, 0.25) is 0 Å². The number of likely N-dealkylation sites (tertiary alicyclic amines) is 1. The Morgan fingerprint density at radius 3 is 2.62 bits per heavy atom. The first kappa shape index (κ1) is 17.0. The molecule has 2 fully saturated rings. The second-order valence-electron chi connectivity index (χ2n) is 7.01. The fourth-order valence-electron chi connectivity index (χ4n) is 3.95. The van der Waals surface area contributed by atoms with Crippen molar-refractivity contribution >= 4 is 0 Å². The zero-order chi connectivity index (χ0) is 15.7. The van der Waals surface area contributed by atoms with Crippen molar-refractivity contribution in [3.63, 3.8) is 0 Å². The molecule has 0 amide bonds. The summed E-state index contributed by atoms with van der Waals surface area (Å²) in [7, 11) is 0. The van der Waals surface area contributed by atoms with Crippen LogP contribution in [0.1, 0.15) is 46.0 Å². The molecule has 124 valence electrons. The largest absolute Gasteiger partial charge is 0.394 e. The van der Waals surface area contributed by atoms with Crippen molar-refractivity contribution in [3.05, 3.63) is 0 Å². The van der Waals surface area contributed by atoms with Crippen molar-refractivity contribution < 1.29 is 18.3 Å². The predicted octanol–water partition coefficient (Wildman–Crippen LogP) is 2.54. The first-order valence-corrected chi connectivity index (χ1v) is 7.95. The van der Waals surface area contributed by atoms with Crippen LogP contribution in [-0.4, -0.2) is 53.5 Å². The topological polar surface area (TPSA) is 35.5 Å². The highest BCUT2D eigenvalue weighted by Crippen LogP contribution is 2.38. The molecule has 0 aromatic rings. The van der Waals surface area contributed by atoms with Crippen LogP contribution in [-0.2, 0) is 0 Å². The summed E-state index contributed by atoms with van der Waals surface area (Å²) in [5, 5.41) is 13.1. The molecule has 1 saturated heterocycles. The van der Waals surface area contributed by atoms with E-state index in [1.54, 1.807) is 0 Å². The Morgan fingerprint density at radius 1 is 1.33 bits per heavy atom. The van der Waals surface area contributed by atoms with Crippen LogP contribution in [0.15, 0.2) is 0 Å². The Bertz CT molecular complexity index is 348. The molecule has 3 atom stereocenters. The number of aliphatic hydroxyl groups excluding tert-OH is 1. The molecule has 1 aliphatic heterocycles. The lowest BCUT2D eigenvalue weighted by molar-refractivity contribution is -0.188. The van der Waals surface area contributed by atoms with Gasteiger partial charge in [-0.05, 0) is 38.6 Å². The average Bonchev–Trinajstić information content (AvgIpc) is 2.82. The van der Waals surface area contributed by atoms with Gasteiger partial charge in [0.15, 0.2) is 0 Å². The van der Waals surface area contributed by atoms with Crippen molar-refractivity contribution in [2.45, 2.75) is 69.8 Å². The summed E-state index contributed by atoms with van der Waals surface area (Å²) in [5.41, 5.74) is -0.315. The Hall–Kier alpha value is -0.330. The van der Waals surface area contributed by atoms with E-state index in [0.717, 1.165) is 25.8 Å². The van der Waals surface area contributed by atoms with Gasteiger partial charge in [0.25, 0.3) is 0 Å². The number of rotatable bonds is 4. The van der Waals surface area contributed by atoms with E-state index in [1.165, 1.54) is 0 Å². The van der Waals surface area contributed by atoms with E-state index in [2.05, 4.69) is 5.32 Å². The van der Waals surface area contributed by atoms with Gasteiger partial charge in [-0.25, -0.2) is 0 Å². The Kier molecular flexibility index (Phi) is 5.21. The average molecular weight is 308 g/mol. The molecule has 3 nitrogen and oxygen atoms in total. The molecule has 2 aliphatic rings. The van der Waals surface area contributed by atoms with Gasteiger partial charge in [-0.3, -0.25) is 4.90 Å². The van der Waals surface area contributed by atoms with Crippen molar-refractivity contribution in [2.24, 2.45) is 5.92 Å². The summed E-state index contributed by atoms with van der Waals surface area (Å²) in [6, 6.07) is 0.425. The molecular formula is C15H27F3N2O. The fraction of sp³-hybridized carbons (Fsp3) is 1.00. The first-order valence-electron chi connectivity index (χ1n) is 7.95. The summed E-state index contributed by atoms with van der Waals surface area (Å²) >= 11 is 0. The quantitative estimate of drug-likeness (QED) is 0.838. The molecule has 0 aromatic heterocycles. The predicted molar refractivity (Wildman–Crippen MR) is 76.1 cm³/mol. The second kappa shape index (κ2) is 6.42. The molecule has 21 heavy (non-hydrogen) atoms. The molecule has 0 spiro atoms. The van der Waals surface area contributed by atoms with Gasteiger partial charge >= 0.3 is 6.18 Å². The van der Waals surface area contributed by atoms with Gasteiger partial charge in [0.2, 0.25) is 0 Å². The normalized spacial score (nSPS) is 35.6. The summed E-state index contributed by atoms with van der Waals surface area (Å²) in [6.07, 6.45) is -0.773. The van der Waals surface area contributed by atoms with Gasteiger partial charge in [-0.2, -0.15) is 13.2 Å². The van der Waals surface area contributed by atoms with E-state index in [0.29, 0.717) is 6.42 Å². The van der Waals surface area contributed by atoms with Crippen LogP contribution in [0.5, 0.6) is 0 Å². The van der Waals surface area contributed by atoms with Gasteiger partial charge in [0, 0.05) is 24.2 Å². The maximum Gasteiger partial charge on any atom is 0.393 e. The van der Waals surface area contributed by atoms with Crippen LogP contribution in [0, 0.1) is 5.92 Å². The number of nitrogens with zero attached hydrogens (tertiary/aromatic N) is 1. The molecular weight excluding hydrogens is 281 g/mol. The molecule has 1 heterocycles. The van der Waals surface area contributed by atoms with Crippen LogP contribution in [0.4, 0.5) is 13.2 Å². The van der Waals surface area contributed by atoms with Crippen LogP contribution in [0.3, 0.4) is 0 Å². The van der Waals surface area contributed by atoms with E-state index >= 15 is 0 Å². The van der Waals surface area contributed by atoms with Gasteiger partial charge in [0.05, 0.1) is 12.5 Å². The molecule has 2 rings (SSSR count). The molecule has 6 heteroatoms. The highest BCUT2D eigenvalue weighted by atomic mass is 19.4. The van der Waals surface area contributed by atoms with Crippen LogP contribution >= 0.6 is 0 Å². The summed E-state index contributed by atoms with van der Waals surface area (Å²) in [6.45, 7) is 4.99. The van der Waals surface area contributed by atoms with Crippen molar-refractivity contribution in [1.82, 2.24) is 10.2 Å². The summed E-state index contributed by atoms with van der Waals surface area (Å²) < 4.78 is 38.7. The maximum absolute atomic E-state index is 12.9. The highest BCUT2D eigenvalue weighted by Gasteiger charge is 2.46. The number of piperidine rings is 1. The van der Waals surface area contributed by atoms with E-state index < -0.39 is 12.1 Å². The Balaban J connectivity index is 1.97. The summed E-state index contributed by atoms with van der Waals surface area (Å²) in [5.74, 6) is -1.19. The zero-order valence-electron chi connectivity index (χ0n) is 12.9. The second-order valence-corrected chi connectivity index (χ2v) is 7.01. The zero-order valence-corrected chi connectivity index (χ0v) is 12.9. The van der Waals surface area contributed by atoms with Gasteiger partial charge in [-0.1, -0.05) is 13.8 Å². The molecule has 3 unspecified atom stereocenters. The third-order valence-electron chi connectivity index (χ3n) is 4.91. The number of hydrogen-bond acceptors (Lipinski definition) is 3. The van der Waals surface area contributed by atoms with Crippen molar-refractivity contribution in [2.75, 3.05) is 19.7 Å². The van der Waals surface area contributed by atoms with Crippen LogP contribution < -0.4 is 5.32 Å². The van der Waals surface area contributed by atoms with E-state index in [-0.39, 0.29) is 37.2 Å². The lowest BCUT2D eigenvalue weighted by Gasteiger charge is -2.38. The number of hydrogen-bond donors (Lipinski definition) is 2. The van der Waals surface area contributed by atoms with Crippen molar-refractivity contribution in [3.8, 4) is 0 Å². The minimum atomic E-state index is -4.08. The summed E-state index contributed by atoms with van der Waals surface area (Å²) in [4.78, 5) is 2.00. The number of aliphatic hydroxyl groups is 1. The Labute approximate surface area is 124 Å². The number of nitrogens with one attached hydrogen (secondary N) is 1. The molecule has 1 saturated carbocycles. The van der Waals surface area contributed by atoms with Crippen molar-refractivity contribution in [1.29, 1.82) is 0 Å². The molecule has 2 N–H and O–H groups in total. The monoisotopic (exact) mass is 308 g/mol. The maximum atomic E-state index is 12.9. The Morgan fingerprint density at radius 2 is 2.05 bits per heavy atom. The highest BCUT2D eigenvalue weighted by molar-refractivity contribution is 5.01. The SMILES string of the molecule is CC(C)NC1(CO)CCC(N2CCCC(C(F)(F)F)C2)C1. The van der Waals surface area contributed by atoms with Gasteiger partial charge in [-0.15, -0.1) is 0 Å². The third kappa shape index (κ3) is 4.11. The molecule has 0 bridgehead atoms. The van der Waals surface area contributed by atoms with Gasteiger partial charge in [0.1, 0.15) is 0 Å². The van der Waals surface area contributed by atoms with E-state index in [9.17, 15) is 18.3 Å². The van der Waals surface area contributed by atoms with E-state index in [1.807, 2.05) is 18.7 Å².